The molecule has 7 heteroatoms. The van der Waals surface area contributed by atoms with E-state index in [0.29, 0.717) is 4.34 Å². The van der Waals surface area contributed by atoms with Gasteiger partial charge in [-0.25, -0.2) is 4.79 Å². The van der Waals surface area contributed by atoms with E-state index in [9.17, 15) is 9.00 Å². The van der Waals surface area contributed by atoms with Crippen molar-refractivity contribution in [3.05, 3.63) is 39.2 Å². The quantitative estimate of drug-likeness (QED) is 0.940. The van der Waals surface area contributed by atoms with Crippen LogP contribution < -0.4 is 0 Å². The molecule has 0 saturated heterocycles. The summed E-state index contributed by atoms with van der Waals surface area (Å²) < 4.78 is 17.4. The molecule has 0 fully saturated rings. The average Bonchev–Trinajstić information content (AvgIpc) is 2.86. The van der Waals surface area contributed by atoms with Gasteiger partial charge in [-0.15, -0.1) is 11.3 Å². The Kier molecular flexibility index (Phi) is 3.66. The van der Waals surface area contributed by atoms with Crippen molar-refractivity contribution in [3.8, 4) is 0 Å². The molecular formula is C10H7ClO4S2. The highest BCUT2D eigenvalue weighted by atomic mass is 35.5. The fraction of sp³-hybridized carbons (Fsp3) is 0.100. The van der Waals surface area contributed by atoms with Crippen molar-refractivity contribution in [2.75, 3.05) is 0 Å². The molecule has 17 heavy (non-hydrogen) atoms. The van der Waals surface area contributed by atoms with Crippen LogP contribution in [0.1, 0.15) is 15.4 Å². The fourth-order valence-electron chi connectivity index (χ4n) is 1.19. The van der Waals surface area contributed by atoms with Gasteiger partial charge in [-0.2, -0.15) is 0 Å². The second-order valence-corrected chi connectivity index (χ2v) is 6.30. The molecule has 1 atom stereocenters. The third-order valence-corrected chi connectivity index (χ3v) is 4.57. The minimum atomic E-state index is -1.39. The summed E-state index contributed by atoms with van der Waals surface area (Å²) in [6, 6.07) is 6.21. The van der Waals surface area contributed by atoms with Crippen LogP contribution in [0.5, 0.6) is 0 Å². The number of halogens is 1. The number of furan rings is 1. The SMILES string of the molecule is O=C(O)c1ccc(S(=O)Cc2ccc(Cl)s2)o1. The zero-order valence-corrected chi connectivity index (χ0v) is 10.8. The lowest BCUT2D eigenvalue weighted by molar-refractivity contribution is 0.0656. The summed E-state index contributed by atoms with van der Waals surface area (Å²) in [6.45, 7) is 0. The Morgan fingerprint density at radius 3 is 2.71 bits per heavy atom. The summed E-state index contributed by atoms with van der Waals surface area (Å²) in [6.07, 6.45) is 0. The van der Waals surface area contributed by atoms with Gasteiger partial charge in [0.15, 0.2) is 5.09 Å². The molecule has 2 aromatic heterocycles. The summed E-state index contributed by atoms with van der Waals surface area (Å²) in [7, 11) is -1.39. The zero-order valence-electron chi connectivity index (χ0n) is 8.38. The molecule has 0 aromatic carbocycles. The Labute approximate surface area is 108 Å². The Morgan fingerprint density at radius 1 is 1.41 bits per heavy atom. The van der Waals surface area contributed by atoms with Crippen molar-refractivity contribution >= 4 is 39.7 Å². The number of hydrogen-bond donors (Lipinski definition) is 1. The van der Waals surface area contributed by atoms with Gasteiger partial charge in [0.1, 0.15) is 0 Å². The van der Waals surface area contributed by atoms with Gasteiger partial charge in [0.2, 0.25) is 5.76 Å². The van der Waals surface area contributed by atoms with E-state index in [0.717, 1.165) is 4.88 Å². The Bertz CT molecular complexity index is 572. The standard InChI is InChI=1S/C10H7ClO4S2/c11-8-3-1-6(16-8)5-17(14)9-4-2-7(15-9)10(12)13/h1-4H,5H2,(H,12,13). The molecular weight excluding hydrogens is 284 g/mol. The third-order valence-electron chi connectivity index (χ3n) is 1.92. The van der Waals surface area contributed by atoms with Crippen molar-refractivity contribution in [2.45, 2.75) is 10.8 Å². The highest BCUT2D eigenvalue weighted by molar-refractivity contribution is 7.84. The first-order valence-electron chi connectivity index (χ1n) is 4.52. The highest BCUT2D eigenvalue weighted by Crippen LogP contribution is 2.24. The molecule has 0 spiro atoms. The first kappa shape index (κ1) is 12.3. The third kappa shape index (κ3) is 2.96. The van der Waals surface area contributed by atoms with Crippen molar-refractivity contribution in [1.29, 1.82) is 0 Å². The van der Waals surface area contributed by atoms with Crippen LogP contribution >= 0.6 is 22.9 Å². The Balaban J connectivity index is 2.11. The highest BCUT2D eigenvalue weighted by Gasteiger charge is 2.14. The lowest BCUT2D eigenvalue weighted by Gasteiger charge is -1.95. The normalized spacial score (nSPS) is 12.5. The van der Waals surface area contributed by atoms with Crippen LogP contribution in [0.4, 0.5) is 0 Å². The predicted molar refractivity (Wildman–Crippen MR) is 65.1 cm³/mol. The van der Waals surface area contributed by atoms with Crippen molar-refractivity contribution in [1.82, 2.24) is 0 Å². The Morgan fingerprint density at radius 2 is 2.18 bits per heavy atom. The predicted octanol–water partition coefficient (Wildman–Crippen LogP) is 3.00. The van der Waals surface area contributed by atoms with E-state index in [1.165, 1.54) is 23.5 Å². The van der Waals surface area contributed by atoms with E-state index < -0.39 is 16.8 Å². The zero-order chi connectivity index (χ0) is 12.4. The molecule has 0 saturated carbocycles. The smallest absolute Gasteiger partial charge is 0.371 e. The van der Waals surface area contributed by atoms with Gasteiger partial charge in [0.25, 0.3) is 0 Å². The lowest BCUT2D eigenvalue weighted by Crippen LogP contribution is -1.94. The van der Waals surface area contributed by atoms with Crippen molar-refractivity contribution < 1.29 is 18.5 Å². The molecule has 1 unspecified atom stereocenters. The molecule has 90 valence electrons. The monoisotopic (exact) mass is 290 g/mol. The first-order chi connectivity index (χ1) is 8.06. The second kappa shape index (κ2) is 5.03. The molecule has 4 nitrogen and oxygen atoms in total. The van der Waals surface area contributed by atoms with Crippen LogP contribution in [-0.4, -0.2) is 15.3 Å². The molecule has 1 N–H and O–H groups in total. The minimum Gasteiger partial charge on any atom is -0.475 e. The van der Waals surface area contributed by atoms with E-state index in [-0.39, 0.29) is 16.6 Å². The maximum Gasteiger partial charge on any atom is 0.371 e. The fourth-order valence-corrected chi connectivity index (χ4v) is 3.53. The van der Waals surface area contributed by atoms with Gasteiger partial charge in [-0.3, -0.25) is 4.21 Å². The topological polar surface area (TPSA) is 67.5 Å². The van der Waals surface area contributed by atoms with Crippen LogP contribution in [0.25, 0.3) is 0 Å². The average molecular weight is 291 g/mol. The molecule has 0 bridgehead atoms. The number of thiophene rings is 1. The molecule has 0 aliphatic carbocycles. The van der Waals surface area contributed by atoms with Crippen LogP contribution in [0.15, 0.2) is 33.8 Å². The van der Waals surface area contributed by atoms with Crippen LogP contribution in [0.2, 0.25) is 4.34 Å². The van der Waals surface area contributed by atoms with E-state index in [4.69, 9.17) is 21.1 Å². The number of carboxylic acid groups (broad SMARTS) is 1. The van der Waals surface area contributed by atoms with E-state index in [1.54, 1.807) is 12.1 Å². The molecule has 2 rings (SSSR count). The number of carboxylic acids is 1. The minimum absolute atomic E-state index is 0.159. The number of aromatic carboxylic acids is 1. The van der Waals surface area contributed by atoms with Gasteiger partial charge in [0.05, 0.1) is 20.9 Å². The molecule has 0 amide bonds. The summed E-state index contributed by atoms with van der Waals surface area (Å²) >= 11 is 7.09. The number of hydrogen-bond acceptors (Lipinski definition) is 4. The summed E-state index contributed by atoms with van der Waals surface area (Å²) in [5.74, 6) is -1.12. The van der Waals surface area contributed by atoms with Gasteiger partial charge >= 0.3 is 5.97 Å². The lowest BCUT2D eigenvalue weighted by atomic mass is 10.5. The van der Waals surface area contributed by atoms with Gasteiger partial charge in [0, 0.05) is 4.88 Å². The van der Waals surface area contributed by atoms with E-state index in [2.05, 4.69) is 0 Å². The summed E-state index contributed by atoms with van der Waals surface area (Å²) in [5, 5.41) is 8.82. The van der Waals surface area contributed by atoms with Gasteiger partial charge in [-0.05, 0) is 24.3 Å². The van der Waals surface area contributed by atoms with Gasteiger partial charge < -0.3 is 9.52 Å². The molecule has 0 aliphatic rings. The molecule has 0 aliphatic heterocycles. The van der Waals surface area contributed by atoms with Crippen LogP contribution in [0.3, 0.4) is 0 Å². The Hall–Kier alpha value is -1.11. The maximum atomic E-state index is 11.8. The summed E-state index contributed by atoms with van der Waals surface area (Å²) in [5.41, 5.74) is 0. The molecule has 2 heterocycles. The number of rotatable bonds is 4. The van der Waals surface area contributed by atoms with Gasteiger partial charge in [-0.1, -0.05) is 11.6 Å². The molecule has 0 radical (unpaired) electrons. The number of carbonyl (C=O) groups is 1. The largest absolute Gasteiger partial charge is 0.475 e. The molecule has 2 aromatic rings. The van der Waals surface area contributed by atoms with E-state index in [1.807, 2.05) is 0 Å². The maximum absolute atomic E-state index is 11.8. The first-order valence-corrected chi connectivity index (χ1v) is 7.03. The van der Waals surface area contributed by atoms with Crippen molar-refractivity contribution in [2.24, 2.45) is 0 Å². The van der Waals surface area contributed by atoms with Crippen molar-refractivity contribution in [3.63, 3.8) is 0 Å². The van der Waals surface area contributed by atoms with E-state index >= 15 is 0 Å². The van der Waals surface area contributed by atoms with Crippen LogP contribution in [-0.2, 0) is 16.6 Å². The summed E-state index contributed by atoms with van der Waals surface area (Å²) in [4.78, 5) is 11.5. The second-order valence-electron chi connectivity index (χ2n) is 3.12. The van der Waals surface area contributed by atoms with Crippen LogP contribution in [0, 0.1) is 0 Å².